The number of nitrogens with zero attached hydrogens (tertiary/aromatic N) is 2. The Bertz CT molecular complexity index is 629. The van der Waals surface area contributed by atoms with Gasteiger partial charge in [0.15, 0.2) is 0 Å². The Morgan fingerprint density at radius 3 is 2.35 bits per heavy atom. The largest absolute Gasteiger partial charge is 0.356 e. The highest BCUT2D eigenvalue weighted by Crippen LogP contribution is 1.88. The van der Waals surface area contributed by atoms with Crippen molar-refractivity contribution < 1.29 is 9.59 Å². The number of aryl methyl sites for hydroxylation is 1. The molecule has 0 aromatic carbocycles. The lowest BCUT2D eigenvalue weighted by atomic mass is 10.3. The molecule has 0 aliphatic rings. The Morgan fingerprint density at radius 1 is 1.15 bits per heavy atom. The molecular weight excluding hydrogens is 264 g/mol. The lowest BCUT2D eigenvalue weighted by molar-refractivity contribution is -0.118. The molecule has 0 spiro atoms. The number of hydrogen-bond donors (Lipinski definition) is 2. The summed E-state index contributed by atoms with van der Waals surface area (Å²) >= 11 is 0. The third kappa shape index (κ3) is 3.81. The smallest absolute Gasteiger partial charge is 0.330 e. The van der Waals surface area contributed by atoms with Gasteiger partial charge in [-0.25, -0.2) is 4.79 Å². The van der Waals surface area contributed by atoms with Crippen LogP contribution in [0.2, 0.25) is 0 Å². The first-order chi connectivity index (χ1) is 9.34. The van der Waals surface area contributed by atoms with Crippen molar-refractivity contribution >= 4 is 11.8 Å². The second-order valence-electron chi connectivity index (χ2n) is 4.39. The number of carbonyl (C=O) groups is 2. The van der Waals surface area contributed by atoms with Crippen molar-refractivity contribution in [2.24, 2.45) is 14.1 Å². The van der Waals surface area contributed by atoms with E-state index in [-0.39, 0.29) is 11.5 Å². The van der Waals surface area contributed by atoms with Crippen LogP contribution in [0.15, 0.2) is 15.8 Å². The van der Waals surface area contributed by atoms with Crippen molar-refractivity contribution in [2.45, 2.75) is 13.3 Å². The fraction of sp³-hybridized carbons (Fsp3) is 0.500. The summed E-state index contributed by atoms with van der Waals surface area (Å²) in [5.41, 5.74) is -1.21. The molecule has 0 aliphatic carbocycles. The fourth-order valence-electron chi connectivity index (χ4n) is 1.61. The molecule has 0 saturated heterocycles. The maximum Gasteiger partial charge on any atom is 0.330 e. The minimum absolute atomic E-state index is 0.0888. The second-order valence-corrected chi connectivity index (χ2v) is 4.39. The zero-order valence-electron chi connectivity index (χ0n) is 11.7. The number of carbonyl (C=O) groups excluding carboxylic acids is 2. The summed E-state index contributed by atoms with van der Waals surface area (Å²) in [4.78, 5) is 45.8. The first-order valence-corrected chi connectivity index (χ1v) is 6.14. The molecule has 1 rings (SSSR count). The molecule has 1 aromatic heterocycles. The topological polar surface area (TPSA) is 102 Å². The molecule has 8 nitrogen and oxygen atoms in total. The molecule has 1 aromatic rings. The molecule has 0 bridgehead atoms. The molecule has 0 aliphatic heterocycles. The van der Waals surface area contributed by atoms with Crippen LogP contribution in [0.4, 0.5) is 0 Å². The monoisotopic (exact) mass is 282 g/mol. The highest BCUT2D eigenvalue weighted by Gasteiger charge is 2.13. The highest BCUT2D eigenvalue weighted by molar-refractivity contribution is 5.93. The maximum absolute atomic E-state index is 11.9. The molecule has 1 heterocycles. The van der Waals surface area contributed by atoms with E-state index in [0.29, 0.717) is 19.5 Å². The Morgan fingerprint density at radius 2 is 1.75 bits per heavy atom. The first-order valence-electron chi connectivity index (χ1n) is 6.14. The van der Waals surface area contributed by atoms with Crippen molar-refractivity contribution in [3.05, 3.63) is 32.6 Å². The Labute approximate surface area is 115 Å². The van der Waals surface area contributed by atoms with Gasteiger partial charge in [-0.3, -0.25) is 19.0 Å². The van der Waals surface area contributed by atoms with Crippen molar-refractivity contribution in [3.8, 4) is 0 Å². The van der Waals surface area contributed by atoms with Gasteiger partial charge in [-0.15, -0.1) is 0 Å². The number of rotatable bonds is 5. The van der Waals surface area contributed by atoms with Gasteiger partial charge < -0.3 is 15.2 Å². The van der Waals surface area contributed by atoms with Gasteiger partial charge in [0.25, 0.3) is 11.5 Å². The SMILES string of the molecule is CC(=O)NCCCNC(=O)c1cn(C)c(=O)n(C)c1=O. The maximum atomic E-state index is 11.9. The lowest BCUT2D eigenvalue weighted by Gasteiger charge is -2.08. The Hall–Kier alpha value is -2.38. The van der Waals surface area contributed by atoms with Crippen molar-refractivity contribution in [2.75, 3.05) is 13.1 Å². The van der Waals surface area contributed by atoms with Gasteiger partial charge in [0.2, 0.25) is 5.91 Å². The van der Waals surface area contributed by atoms with Crippen molar-refractivity contribution in [1.82, 2.24) is 19.8 Å². The zero-order chi connectivity index (χ0) is 15.3. The molecule has 20 heavy (non-hydrogen) atoms. The van der Waals surface area contributed by atoms with Gasteiger partial charge in [0.05, 0.1) is 0 Å². The number of nitrogens with one attached hydrogen (secondary N) is 2. The van der Waals surface area contributed by atoms with Crippen LogP contribution in [-0.2, 0) is 18.9 Å². The van der Waals surface area contributed by atoms with Gasteiger partial charge in [-0.1, -0.05) is 0 Å². The van der Waals surface area contributed by atoms with Gasteiger partial charge in [-0.2, -0.15) is 0 Å². The third-order valence-corrected chi connectivity index (χ3v) is 2.70. The molecule has 0 fully saturated rings. The molecule has 0 radical (unpaired) electrons. The van der Waals surface area contributed by atoms with Crippen molar-refractivity contribution in [1.29, 1.82) is 0 Å². The standard InChI is InChI=1S/C12H18N4O4/c1-8(17)13-5-4-6-14-10(18)9-7-15(2)12(20)16(3)11(9)19/h7H,4-6H2,1-3H3,(H,13,17)(H,14,18). The quantitative estimate of drug-likeness (QED) is 0.631. The van der Waals surface area contributed by atoms with Crippen LogP contribution in [-0.4, -0.2) is 34.0 Å². The van der Waals surface area contributed by atoms with Gasteiger partial charge >= 0.3 is 5.69 Å². The summed E-state index contributed by atoms with van der Waals surface area (Å²) in [5.74, 6) is -0.674. The molecular formula is C12H18N4O4. The number of aromatic nitrogens is 2. The average molecular weight is 282 g/mol. The highest BCUT2D eigenvalue weighted by atomic mass is 16.2. The average Bonchev–Trinajstić information content (AvgIpc) is 2.39. The van der Waals surface area contributed by atoms with Crippen LogP contribution < -0.4 is 21.9 Å². The zero-order valence-corrected chi connectivity index (χ0v) is 11.7. The molecule has 0 atom stereocenters. The van der Waals surface area contributed by atoms with E-state index < -0.39 is 17.2 Å². The fourth-order valence-corrected chi connectivity index (χ4v) is 1.61. The van der Waals surface area contributed by atoms with Crippen LogP contribution in [0, 0.1) is 0 Å². The van der Waals surface area contributed by atoms with E-state index in [2.05, 4.69) is 10.6 Å². The Balaban J connectivity index is 2.67. The van der Waals surface area contributed by atoms with Crippen LogP contribution in [0.25, 0.3) is 0 Å². The van der Waals surface area contributed by atoms with Gasteiger partial charge in [-0.05, 0) is 6.42 Å². The molecule has 0 unspecified atom stereocenters. The summed E-state index contributed by atoms with van der Waals surface area (Å²) in [7, 11) is 2.79. The van der Waals surface area contributed by atoms with Crippen molar-refractivity contribution in [3.63, 3.8) is 0 Å². The van der Waals surface area contributed by atoms with E-state index in [0.717, 1.165) is 4.57 Å². The summed E-state index contributed by atoms with van der Waals surface area (Å²) in [5, 5.41) is 5.16. The third-order valence-electron chi connectivity index (χ3n) is 2.70. The predicted molar refractivity (Wildman–Crippen MR) is 72.6 cm³/mol. The molecule has 8 heteroatoms. The van der Waals surface area contributed by atoms with Crippen LogP contribution >= 0.6 is 0 Å². The van der Waals surface area contributed by atoms with Gasteiger partial charge in [0.1, 0.15) is 5.56 Å². The van der Waals surface area contributed by atoms with Crippen LogP contribution in [0.1, 0.15) is 23.7 Å². The first kappa shape index (κ1) is 15.7. The molecule has 2 amide bonds. The summed E-state index contributed by atoms with van der Waals surface area (Å²) in [6, 6.07) is 0. The second kappa shape index (κ2) is 6.69. The summed E-state index contributed by atoms with van der Waals surface area (Å²) < 4.78 is 2.06. The summed E-state index contributed by atoms with van der Waals surface area (Å²) in [6.45, 7) is 2.18. The minimum Gasteiger partial charge on any atom is -0.356 e. The van der Waals surface area contributed by atoms with E-state index in [1.54, 1.807) is 0 Å². The van der Waals surface area contributed by atoms with E-state index in [1.165, 1.54) is 31.8 Å². The summed E-state index contributed by atoms with van der Waals surface area (Å²) in [6.07, 6.45) is 1.77. The molecule has 110 valence electrons. The predicted octanol–water partition coefficient (Wildman–Crippen LogP) is -1.66. The lowest BCUT2D eigenvalue weighted by Crippen LogP contribution is -2.42. The normalized spacial score (nSPS) is 10.2. The molecule has 0 saturated carbocycles. The van der Waals surface area contributed by atoms with Gasteiger partial charge in [0, 0.05) is 40.3 Å². The van der Waals surface area contributed by atoms with Crippen LogP contribution in [0.5, 0.6) is 0 Å². The number of amides is 2. The number of hydrogen-bond acceptors (Lipinski definition) is 4. The Kier molecular flexibility index (Phi) is 5.24. The van der Waals surface area contributed by atoms with E-state index in [4.69, 9.17) is 0 Å². The van der Waals surface area contributed by atoms with E-state index in [9.17, 15) is 19.2 Å². The van der Waals surface area contributed by atoms with Crippen LogP contribution in [0.3, 0.4) is 0 Å². The minimum atomic E-state index is -0.632. The van der Waals surface area contributed by atoms with E-state index >= 15 is 0 Å². The molecule has 2 N–H and O–H groups in total. The van der Waals surface area contributed by atoms with E-state index in [1.807, 2.05) is 0 Å².